The van der Waals surface area contributed by atoms with Crippen molar-refractivity contribution in [2.75, 3.05) is 0 Å². The second kappa shape index (κ2) is 11.1. The van der Waals surface area contributed by atoms with Gasteiger partial charge in [0.15, 0.2) is 0 Å². The van der Waals surface area contributed by atoms with Crippen LogP contribution in [0.4, 0.5) is 0 Å². The second-order valence-electron chi connectivity index (χ2n) is 5.64. The van der Waals surface area contributed by atoms with Crippen molar-refractivity contribution >= 4 is 0 Å². The molecule has 0 spiro atoms. The van der Waals surface area contributed by atoms with Crippen molar-refractivity contribution in [3.63, 3.8) is 0 Å². The van der Waals surface area contributed by atoms with Crippen molar-refractivity contribution in [2.45, 2.75) is 53.4 Å². The highest BCUT2D eigenvalue weighted by Crippen LogP contribution is 2.24. The van der Waals surface area contributed by atoms with Gasteiger partial charge in [-0.2, -0.15) is 0 Å². The Bertz CT molecular complexity index is 435. The van der Waals surface area contributed by atoms with Crippen LogP contribution in [0.5, 0.6) is 0 Å². The summed E-state index contributed by atoms with van der Waals surface area (Å²) in [6.45, 7) is 20.4. The summed E-state index contributed by atoms with van der Waals surface area (Å²) in [5, 5.41) is 0. The zero-order valence-corrected chi connectivity index (χ0v) is 14.4. The summed E-state index contributed by atoms with van der Waals surface area (Å²) in [6, 6.07) is 0. The lowest BCUT2D eigenvalue weighted by molar-refractivity contribution is 0.513. The first-order valence-electron chi connectivity index (χ1n) is 8.00. The van der Waals surface area contributed by atoms with Crippen LogP contribution >= 0.6 is 0 Å². The van der Waals surface area contributed by atoms with Crippen LogP contribution in [-0.2, 0) is 0 Å². The average Bonchev–Trinajstić information content (AvgIpc) is 2.45. The van der Waals surface area contributed by atoms with E-state index in [0.29, 0.717) is 5.92 Å². The molecule has 0 aliphatic carbocycles. The quantitative estimate of drug-likeness (QED) is 0.381. The molecular formula is C21H32. The maximum atomic E-state index is 3.99. The Morgan fingerprint density at radius 3 is 1.90 bits per heavy atom. The molecule has 116 valence electrons. The molecule has 0 aromatic heterocycles. The largest absolute Gasteiger partial charge is 0.0988 e. The van der Waals surface area contributed by atoms with Gasteiger partial charge in [0.05, 0.1) is 0 Å². The van der Waals surface area contributed by atoms with Crippen molar-refractivity contribution in [2.24, 2.45) is 5.92 Å². The predicted octanol–water partition coefficient (Wildman–Crippen LogP) is 6.95. The summed E-state index contributed by atoms with van der Waals surface area (Å²) >= 11 is 0. The molecule has 0 aliphatic heterocycles. The summed E-state index contributed by atoms with van der Waals surface area (Å²) in [4.78, 5) is 0. The van der Waals surface area contributed by atoms with Gasteiger partial charge < -0.3 is 0 Å². The molecule has 0 nitrogen and oxygen atoms in total. The van der Waals surface area contributed by atoms with Crippen LogP contribution < -0.4 is 0 Å². The highest BCUT2D eigenvalue weighted by atomic mass is 14.1. The summed E-state index contributed by atoms with van der Waals surface area (Å²) in [5.74, 6) is 0.624. The van der Waals surface area contributed by atoms with Gasteiger partial charge >= 0.3 is 0 Å². The summed E-state index contributed by atoms with van der Waals surface area (Å²) < 4.78 is 0. The first-order chi connectivity index (χ1) is 9.99. The van der Waals surface area contributed by atoms with E-state index in [1.807, 2.05) is 19.1 Å². The molecule has 0 amide bonds. The topological polar surface area (TPSA) is 0 Å². The minimum atomic E-state index is 0.624. The van der Waals surface area contributed by atoms with E-state index in [0.717, 1.165) is 11.1 Å². The first-order valence-corrected chi connectivity index (χ1v) is 8.00. The van der Waals surface area contributed by atoms with E-state index in [1.165, 1.54) is 36.8 Å². The molecule has 0 atom stereocenters. The Kier molecular flexibility index (Phi) is 10.3. The second-order valence-corrected chi connectivity index (χ2v) is 5.64. The van der Waals surface area contributed by atoms with Crippen LogP contribution in [0.15, 0.2) is 72.4 Å². The SMILES string of the molecule is C=C\C(=C/C=C(C)/C(C=C)=C/C(=C)C)C(CCC)CCC. The van der Waals surface area contributed by atoms with E-state index in [4.69, 9.17) is 0 Å². The van der Waals surface area contributed by atoms with Gasteiger partial charge in [-0.25, -0.2) is 0 Å². The van der Waals surface area contributed by atoms with Gasteiger partial charge in [-0.1, -0.05) is 82.4 Å². The number of rotatable bonds is 10. The zero-order valence-electron chi connectivity index (χ0n) is 14.4. The molecule has 0 N–H and O–H groups in total. The highest BCUT2D eigenvalue weighted by Gasteiger charge is 2.09. The molecule has 21 heavy (non-hydrogen) atoms. The van der Waals surface area contributed by atoms with Crippen LogP contribution in [0.1, 0.15) is 53.4 Å². The lowest BCUT2D eigenvalue weighted by Gasteiger charge is -2.16. The Morgan fingerprint density at radius 1 is 0.952 bits per heavy atom. The minimum absolute atomic E-state index is 0.624. The van der Waals surface area contributed by atoms with Gasteiger partial charge in [0.1, 0.15) is 0 Å². The highest BCUT2D eigenvalue weighted by molar-refractivity contribution is 5.44. The summed E-state index contributed by atoms with van der Waals surface area (Å²) in [6.07, 6.45) is 15.2. The molecule has 0 heteroatoms. The average molecular weight is 284 g/mol. The smallest absolute Gasteiger partial charge is 0.0162 e. The molecule has 0 heterocycles. The Morgan fingerprint density at radius 2 is 1.52 bits per heavy atom. The fourth-order valence-electron chi connectivity index (χ4n) is 2.46. The molecule has 0 saturated carbocycles. The monoisotopic (exact) mass is 284 g/mol. The Labute approximate surface area is 132 Å². The third-order valence-corrected chi connectivity index (χ3v) is 3.58. The van der Waals surface area contributed by atoms with Crippen molar-refractivity contribution in [1.82, 2.24) is 0 Å². The molecule has 0 rings (SSSR count). The Hall–Kier alpha value is -1.56. The van der Waals surface area contributed by atoms with Gasteiger partial charge in [-0.3, -0.25) is 0 Å². The predicted molar refractivity (Wildman–Crippen MR) is 98.4 cm³/mol. The number of allylic oxidation sites excluding steroid dienone is 9. The third kappa shape index (κ3) is 7.70. The van der Waals surface area contributed by atoms with Crippen LogP contribution in [0, 0.1) is 5.92 Å². The lowest BCUT2D eigenvalue weighted by Crippen LogP contribution is -2.02. The van der Waals surface area contributed by atoms with Gasteiger partial charge in [0.2, 0.25) is 0 Å². The van der Waals surface area contributed by atoms with Gasteiger partial charge in [0, 0.05) is 0 Å². The molecule has 0 bridgehead atoms. The molecule has 0 radical (unpaired) electrons. The number of hydrogen-bond donors (Lipinski definition) is 0. The van der Waals surface area contributed by atoms with Crippen molar-refractivity contribution in [1.29, 1.82) is 0 Å². The maximum Gasteiger partial charge on any atom is -0.0162 e. The molecule has 0 aliphatic rings. The third-order valence-electron chi connectivity index (χ3n) is 3.58. The van der Waals surface area contributed by atoms with Gasteiger partial charge in [0.25, 0.3) is 0 Å². The van der Waals surface area contributed by atoms with E-state index >= 15 is 0 Å². The van der Waals surface area contributed by atoms with Gasteiger partial charge in [-0.15, -0.1) is 0 Å². The molecule has 0 saturated heterocycles. The van der Waals surface area contributed by atoms with E-state index in [-0.39, 0.29) is 0 Å². The maximum absolute atomic E-state index is 3.99. The summed E-state index contributed by atoms with van der Waals surface area (Å²) in [7, 11) is 0. The molecule has 0 fully saturated rings. The zero-order chi connectivity index (χ0) is 16.3. The van der Waals surface area contributed by atoms with E-state index < -0.39 is 0 Å². The molecular weight excluding hydrogens is 252 g/mol. The first kappa shape index (κ1) is 19.4. The van der Waals surface area contributed by atoms with Crippen molar-refractivity contribution in [3.8, 4) is 0 Å². The van der Waals surface area contributed by atoms with Crippen LogP contribution in [0.2, 0.25) is 0 Å². The standard InChI is InChI=1S/C21H32/c1-8-12-21(13-9-2)19(10-3)15-14-18(7)20(11-4)16-17(5)6/h10-11,14-16,21H,3-5,8-9,12-13H2,1-2,6-7H3/b18-14+,19-15+,20-16+. The molecule has 0 aromatic carbocycles. The van der Waals surface area contributed by atoms with Gasteiger partial charge in [-0.05, 0) is 49.3 Å². The normalized spacial score (nSPS) is 13.5. The lowest BCUT2D eigenvalue weighted by atomic mass is 9.89. The number of hydrogen-bond acceptors (Lipinski definition) is 0. The van der Waals surface area contributed by atoms with Crippen LogP contribution in [-0.4, -0.2) is 0 Å². The van der Waals surface area contributed by atoms with Crippen molar-refractivity contribution < 1.29 is 0 Å². The minimum Gasteiger partial charge on any atom is -0.0988 e. The molecule has 0 aromatic rings. The van der Waals surface area contributed by atoms with Crippen molar-refractivity contribution in [3.05, 3.63) is 72.4 Å². The van der Waals surface area contributed by atoms with E-state index in [1.54, 1.807) is 0 Å². The molecule has 0 unspecified atom stereocenters. The summed E-state index contributed by atoms with van der Waals surface area (Å²) in [5.41, 5.74) is 4.72. The fraction of sp³-hybridized carbons (Fsp3) is 0.429. The Balaban J connectivity index is 5.31. The fourth-order valence-corrected chi connectivity index (χ4v) is 2.46. The van der Waals surface area contributed by atoms with Crippen LogP contribution in [0.3, 0.4) is 0 Å². The van der Waals surface area contributed by atoms with E-state index in [9.17, 15) is 0 Å². The van der Waals surface area contributed by atoms with E-state index in [2.05, 4.69) is 58.7 Å². The van der Waals surface area contributed by atoms with Crippen LogP contribution in [0.25, 0.3) is 0 Å².